The Labute approximate surface area is 97.2 Å². The fourth-order valence-electron chi connectivity index (χ4n) is 1.36. The van der Waals surface area contributed by atoms with Gasteiger partial charge in [0.2, 0.25) is 0 Å². The van der Waals surface area contributed by atoms with E-state index in [-0.39, 0.29) is 0 Å². The molecule has 0 atom stereocenters. The van der Waals surface area contributed by atoms with Crippen LogP contribution in [0, 0.1) is 0 Å². The zero-order valence-corrected chi connectivity index (χ0v) is 9.48. The Kier molecular flexibility index (Phi) is 3.14. The molecule has 1 aromatic heterocycles. The van der Waals surface area contributed by atoms with E-state index in [1.165, 1.54) is 0 Å². The number of aryl methyl sites for hydroxylation is 1. The highest BCUT2D eigenvalue weighted by atomic mass is 35.5. The molecule has 0 saturated heterocycles. The lowest BCUT2D eigenvalue weighted by Crippen LogP contribution is -2.00. The summed E-state index contributed by atoms with van der Waals surface area (Å²) in [7, 11) is 0. The number of fused-ring (bicyclic) bond motifs is 1. The molecule has 0 unspecified atom stereocenters. The van der Waals surface area contributed by atoms with Gasteiger partial charge in [-0.25, -0.2) is 4.98 Å². The summed E-state index contributed by atoms with van der Waals surface area (Å²) < 4.78 is 5.50. The summed E-state index contributed by atoms with van der Waals surface area (Å²) in [6.45, 7) is 0.618. The van der Waals surface area contributed by atoms with Gasteiger partial charge in [-0.1, -0.05) is 23.2 Å². The topological polar surface area (TPSA) is 52.0 Å². The highest BCUT2D eigenvalue weighted by Gasteiger charge is 2.09. The minimum absolute atomic E-state index is 0.514. The van der Waals surface area contributed by atoms with Crippen LogP contribution < -0.4 is 5.73 Å². The van der Waals surface area contributed by atoms with Crippen molar-refractivity contribution in [1.82, 2.24) is 4.98 Å². The van der Waals surface area contributed by atoms with Gasteiger partial charge in [-0.05, 0) is 19.0 Å². The second kappa shape index (κ2) is 4.39. The van der Waals surface area contributed by atoms with Crippen molar-refractivity contribution in [3.05, 3.63) is 28.1 Å². The largest absolute Gasteiger partial charge is 0.441 e. The molecule has 2 aromatic rings. The molecular weight excluding hydrogens is 235 g/mol. The molecule has 5 heteroatoms. The molecule has 0 fully saturated rings. The van der Waals surface area contributed by atoms with Crippen molar-refractivity contribution >= 4 is 34.3 Å². The van der Waals surface area contributed by atoms with E-state index in [1.807, 2.05) is 0 Å². The summed E-state index contributed by atoms with van der Waals surface area (Å²) in [5.74, 6) is 0.652. The first-order valence-corrected chi connectivity index (χ1v) is 5.41. The zero-order chi connectivity index (χ0) is 10.8. The van der Waals surface area contributed by atoms with Gasteiger partial charge in [0, 0.05) is 17.5 Å². The van der Waals surface area contributed by atoms with Crippen LogP contribution in [0.2, 0.25) is 10.0 Å². The molecule has 1 aromatic carbocycles. The standard InChI is InChI=1S/C10H10Cl2N2O/c11-6-4-7(12)10-8(5-6)15-9(14-10)2-1-3-13/h4-5H,1-3,13H2. The van der Waals surface area contributed by atoms with Crippen LogP contribution in [0.5, 0.6) is 0 Å². The lowest BCUT2D eigenvalue weighted by Gasteiger charge is -1.91. The maximum atomic E-state index is 5.98. The summed E-state index contributed by atoms with van der Waals surface area (Å²) in [5, 5.41) is 1.06. The molecule has 0 spiro atoms. The first-order valence-electron chi connectivity index (χ1n) is 4.65. The van der Waals surface area contributed by atoms with Crippen LogP contribution in [0.1, 0.15) is 12.3 Å². The van der Waals surface area contributed by atoms with Gasteiger partial charge in [-0.2, -0.15) is 0 Å². The highest BCUT2D eigenvalue weighted by Crippen LogP contribution is 2.28. The highest BCUT2D eigenvalue weighted by molar-refractivity contribution is 6.38. The molecule has 0 bridgehead atoms. The summed E-state index contributed by atoms with van der Waals surface area (Å²) in [6, 6.07) is 3.36. The fourth-order valence-corrected chi connectivity index (χ4v) is 1.88. The van der Waals surface area contributed by atoms with E-state index < -0.39 is 0 Å². The van der Waals surface area contributed by atoms with E-state index in [9.17, 15) is 0 Å². The molecule has 0 saturated carbocycles. The number of benzene rings is 1. The van der Waals surface area contributed by atoms with E-state index in [0.717, 1.165) is 12.8 Å². The molecule has 3 nitrogen and oxygen atoms in total. The average Bonchev–Trinajstić information content (AvgIpc) is 2.57. The SMILES string of the molecule is NCCCc1nc2c(Cl)cc(Cl)cc2o1. The number of oxazole rings is 1. The monoisotopic (exact) mass is 244 g/mol. The van der Waals surface area contributed by atoms with Crippen LogP contribution in [-0.2, 0) is 6.42 Å². The maximum absolute atomic E-state index is 5.98. The Morgan fingerprint density at radius 2 is 2.13 bits per heavy atom. The third-order valence-electron chi connectivity index (χ3n) is 2.05. The van der Waals surface area contributed by atoms with Crippen molar-refractivity contribution in [3.8, 4) is 0 Å². The van der Waals surface area contributed by atoms with Crippen LogP contribution in [0.15, 0.2) is 16.5 Å². The lowest BCUT2D eigenvalue weighted by molar-refractivity contribution is 0.521. The van der Waals surface area contributed by atoms with Crippen LogP contribution in [0.3, 0.4) is 0 Å². The van der Waals surface area contributed by atoms with E-state index >= 15 is 0 Å². The van der Waals surface area contributed by atoms with Gasteiger partial charge in [-0.3, -0.25) is 0 Å². The predicted molar refractivity (Wildman–Crippen MR) is 61.4 cm³/mol. The van der Waals surface area contributed by atoms with E-state index in [1.54, 1.807) is 12.1 Å². The molecule has 0 amide bonds. The summed E-state index contributed by atoms with van der Waals surface area (Å²) in [4.78, 5) is 4.28. The smallest absolute Gasteiger partial charge is 0.195 e. The molecule has 0 aliphatic rings. The minimum atomic E-state index is 0.514. The molecule has 1 heterocycles. The van der Waals surface area contributed by atoms with Crippen LogP contribution in [0.4, 0.5) is 0 Å². The van der Waals surface area contributed by atoms with Crippen molar-refractivity contribution in [2.75, 3.05) is 6.54 Å². The van der Waals surface area contributed by atoms with Gasteiger partial charge in [-0.15, -0.1) is 0 Å². The van der Waals surface area contributed by atoms with Crippen LogP contribution >= 0.6 is 23.2 Å². The van der Waals surface area contributed by atoms with Gasteiger partial charge < -0.3 is 10.2 Å². The second-order valence-electron chi connectivity index (χ2n) is 3.23. The Morgan fingerprint density at radius 1 is 1.33 bits per heavy atom. The molecule has 15 heavy (non-hydrogen) atoms. The van der Waals surface area contributed by atoms with Gasteiger partial charge in [0.25, 0.3) is 0 Å². The number of aromatic nitrogens is 1. The molecule has 80 valence electrons. The normalized spacial score (nSPS) is 11.1. The Hall–Kier alpha value is -0.770. The zero-order valence-electron chi connectivity index (χ0n) is 7.96. The quantitative estimate of drug-likeness (QED) is 0.904. The van der Waals surface area contributed by atoms with Crippen LogP contribution in [-0.4, -0.2) is 11.5 Å². The van der Waals surface area contributed by atoms with Gasteiger partial charge >= 0.3 is 0 Å². The minimum Gasteiger partial charge on any atom is -0.441 e. The average molecular weight is 245 g/mol. The van der Waals surface area contributed by atoms with E-state index in [0.29, 0.717) is 33.6 Å². The summed E-state index contributed by atoms with van der Waals surface area (Å²) >= 11 is 11.8. The van der Waals surface area contributed by atoms with Crippen molar-refractivity contribution in [2.24, 2.45) is 5.73 Å². The Bertz CT molecular complexity index is 481. The fraction of sp³-hybridized carbons (Fsp3) is 0.300. The van der Waals surface area contributed by atoms with E-state index in [4.69, 9.17) is 33.4 Å². The number of nitrogens with zero attached hydrogens (tertiary/aromatic N) is 1. The first kappa shape index (κ1) is 10.7. The molecule has 2 N–H and O–H groups in total. The number of hydrogen-bond donors (Lipinski definition) is 1. The molecule has 0 radical (unpaired) electrons. The maximum Gasteiger partial charge on any atom is 0.195 e. The Balaban J connectivity index is 2.41. The second-order valence-corrected chi connectivity index (χ2v) is 4.08. The van der Waals surface area contributed by atoms with Crippen molar-refractivity contribution in [1.29, 1.82) is 0 Å². The molecule has 0 aliphatic carbocycles. The summed E-state index contributed by atoms with van der Waals surface area (Å²) in [5.41, 5.74) is 6.69. The predicted octanol–water partition coefficient (Wildman–Crippen LogP) is 3.03. The molecule has 2 rings (SSSR count). The Morgan fingerprint density at radius 3 is 2.87 bits per heavy atom. The van der Waals surface area contributed by atoms with Gasteiger partial charge in [0.1, 0.15) is 5.52 Å². The third-order valence-corrected chi connectivity index (χ3v) is 2.56. The summed E-state index contributed by atoms with van der Waals surface area (Å²) in [6.07, 6.45) is 1.57. The number of halogens is 2. The molecular formula is C10H10Cl2N2O. The first-order chi connectivity index (χ1) is 7.20. The van der Waals surface area contributed by atoms with Crippen LogP contribution in [0.25, 0.3) is 11.1 Å². The number of hydrogen-bond acceptors (Lipinski definition) is 3. The molecule has 0 aliphatic heterocycles. The van der Waals surface area contributed by atoms with Gasteiger partial charge in [0.15, 0.2) is 11.5 Å². The third kappa shape index (κ3) is 2.25. The van der Waals surface area contributed by atoms with Gasteiger partial charge in [0.05, 0.1) is 5.02 Å². The number of rotatable bonds is 3. The van der Waals surface area contributed by atoms with E-state index in [2.05, 4.69) is 4.98 Å². The number of nitrogens with two attached hydrogens (primary N) is 1. The van der Waals surface area contributed by atoms with Crippen molar-refractivity contribution in [2.45, 2.75) is 12.8 Å². The van der Waals surface area contributed by atoms with Crippen molar-refractivity contribution < 1.29 is 4.42 Å². The van der Waals surface area contributed by atoms with Crippen molar-refractivity contribution in [3.63, 3.8) is 0 Å². The lowest BCUT2D eigenvalue weighted by atomic mass is 10.3.